The van der Waals surface area contributed by atoms with E-state index < -0.39 is 0 Å². The van der Waals surface area contributed by atoms with E-state index in [1.54, 1.807) is 4.68 Å². The summed E-state index contributed by atoms with van der Waals surface area (Å²) in [6.07, 6.45) is 0. The average molecular weight is 294 g/mol. The second kappa shape index (κ2) is 5.97. The first kappa shape index (κ1) is 14.3. The first-order valence-electron chi connectivity index (χ1n) is 7.18. The standard InChI is InChI=1S/C17H18N4O/c1-12-10-16(22-11-15-7-5-4-6-8-15)19-17(18-12)21-14(3)9-13(2)20-21/h4-10H,11H2,1-3H3. The van der Waals surface area contributed by atoms with Crippen LogP contribution in [0.15, 0.2) is 42.5 Å². The maximum Gasteiger partial charge on any atom is 0.254 e. The van der Waals surface area contributed by atoms with Crippen LogP contribution in [0.4, 0.5) is 0 Å². The molecule has 22 heavy (non-hydrogen) atoms. The van der Waals surface area contributed by atoms with Crippen LogP contribution >= 0.6 is 0 Å². The highest BCUT2D eigenvalue weighted by atomic mass is 16.5. The fourth-order valence-electron chi connectivity index (χ4n) is 2.26. The molecule has 0 bridgehead atoms. The molecule has 0 aliphatic heterocycles. The van der Waals surface area contributed by atoms with Gasteiger partial charge in [0.05, 0.1) is 5.69 Å². The molecule has 0 radical (unpaired) electrons. The predicted molar refractivity (Wildman–Crippen MR) is 84.1 cm³/mol. The van der Waals surface area contributed by atoms with Crippen LogP contribution in [0.2, 0.25) is 0 Å². The third-order valence-corrected chi connectivity index (χ3v) is 3.25. The largest absolute Gasteiger partial charge is 0.473 e. The minimum atomic E-state index is 0.480. The van der Waals surface area contributed by atoms with Crippen LogP contribution in [-0.4, -0.2) is 19.7 Å². The number of benzene rings is 1. The monoisotopic (exact) mass is 294 g/mol. The Hall–Kier alpha value is -2.69. The molecular formula is C17H18N4O. The molecule has 0 amide bonds. The number of aryl methyl sites for hydroxylation is 3. The lowest BCUT2D eigenvalue weighted by molar-refractivity contribution is 0.292. The summed E-state index contributed by atoms with van der Waals surface area (Å²) in [6, 6.07) is 13.8. The van der Waals surface area contributed by atoms with Crippen LogP contribution in [0.25, 0.3) is 5.95 Å². The third-order valence-electron chi connectivity index (χ3n) is 3.25. The molecule has 2 heterocycles. The van der Waals surface area contributed by atoms with Gasteiger partial charge in [-0.25, -0.2) is 9.67 Å². The Kier molecular flexibility index (Phi) is 3.87. The van der Waals surface area contributed by atoms with Crippen molar-refractivity contribution >= 4 is 0 Å². The lowest BCUT2D eigenvalue weighted by atomic mass is 10.2. The van der Waals surface area contributed by atoms with Gasteiger partial charge in [-0.2, -0.15) is 10.1 Å². The number of aromatic nitrogens is 4. The predicted octanol–water partition coefficient (Wildman–Crippen LogP) is 3.17. The van der Waals surface area contributed by atoms with Gasteiger partial charge in [0.1, 0.15) is 6.61 Å². The molecule has 3 aromatic rings. The highest BCUT2D eigenvalue weighted by molar-refractivity contribution is 5.25. The number of hydrogen-bond acceptors (Lipinski definition) is 4. The summed E-state index contributed by atoms with van der Waals surface area (Å²) in [5.41, 5.74) is 3.89. The van der Waals surface area contributed by atoms with Crippen LogP contribution in [0, 0.1) is 20.8 Å². The van der Waals surface area contributed by atoms with E-state index in [2.05, 4.69) is 15.1 Å². The van der Waals surface area contributed by atoms with Crippen molar-refractivity contribution in [1.82, 2.24) is 19.7 Å². The van der Waals surface area contributed by atoms with Crippen LogP contribution in [0.1, 0.15) is 22.6 Å². The molecule has 0 unspecified atom stereocenters. The molecule has 0 saturated heterocycles. The Morgan fingerprint density at radius 2 is 1.73 bits per heavy atom. The molecule has 3 rings (SSSR count). The van der Waals surface area contributed by atoms with Gasteiger partial charge in [-0.3, -0.25) is 0 Å². The molecule has 112 valence electrons. The lowest BCUT2D eigenvalue weighted by Crippen LogP contribution is -2.08. The van der Waals surface area contributed by atoms with E-state index in [-0.39, 0.29) is 0 Å². The number of nitrogens with zero attached hydrogens (tertiary/aromatic N) is 4. The highest BCUT2D eigenvalue weighted by Crippen LogP contribution is 2.15. The molecule has 2 aromatic heterocycles. The molecule has 0 saturated carbocycles. The summed E-state index contributed by atoms with van der Waals surface area (Å²) in [5, 5.41) is 4.42. The molecule has 0 aliphatic carbocycles. The Balaban J connectivity index is 1.85. The van der Waals surface area contributed by atoms with E-state index in [0.29, 0.717) is 18.4 Å². The summed E-state index contributed by atoms with van der Waals surface area (Å²) in [5.74, 6) is 1.09. The van der Waals surface area contributed by atoms with Gasteiger partial charge in [0.15, 0.2) is 0 Å². The fraction of sp³-hybridized carbons (Fsp3) is 0.235. The van der Waals surface area contributed by atoms with E-state index in [1.165, 1.54) is 0 Å². The summed E-state index contributed by atoms with van der Waals surface area (Å²) < 4.78 is 7.52. The van der Waals surface area contributed by atoms with E-state index in [9.17, 15) is 0 Å². The third kappa shape index (κ3) is 3.14. The first-order chi connectivity index (χ1) is 10.6. The number of hydrogen-bond donors (Lipinski definition) is 0. The van der Waals surface area contributed by atoms with E-state index in [0.717, 1.165) is 22.6 Å². The molecule has 5 nitrogen and oxygen atoms in total. The highest BCUT2D eigenvalue weighted by Gasteiger charge is 2.09. The van der Waals surface area contributed by atoms with Crippen LogP contribution in [-0.2, 0) is 6.61 Å². The van der Waals surface area contributed by atoms with Gasteiger partial charge in [0, 0.05) is 17.5 Å². The fourth-order valence-corrected chi connectivity index (χ4v) is 2.26. The quantitative estimate of drug-likeness (QED) is 0.741. The SMILES string of the molecule is Cc1cc(OCc2ccccc2)nc(-n2nc(C)cc2C)n1. The number of ether oxygens (including phenoxy) is 1. The average Bonchev–Trinajstić information content (AvgIpc) is 2.84. The van der Waals surface area contributed by atoms with Crippen LogP contribution in [0.5, 0.6) is 5.88 Å². The Labute approximate surface area is 129 Å². The summed E-state index contributed by atoms with van der Waals surface area (Å²) in [7, 11) is 0. The molecule has 0 spiro atoms. The topological polar surface area (TPSA) is 52.8 Å². The second-order valence-electron chi connectivity index (χ2n) is 5.26. The zero-order valence-corrected chi connectivity index (χ0v) is 12.9. The van der Waals surface area contributed by atoms with Crippen LogP contribution < -0.4 is 4.74 Å². The van der Waals surface area contributed by atoms with Crippen molar-refractivity contribution < 1.29 is 4.74 Å². The van der Waals surface area contributed by atoms with Gasteiger partial charge in [-0.1, -0.05) is 30.3 Å². The van der Waals surface area contributed by atoms with Crippen LogP contribution in [0.3, 0.4) is 0 Å². The van der Waals surface area contributed by atoms with Gasteiger partial charge >= 0.3 is 0 Å². The van der Waals surface area contributed by atoms with Gasteiger partial charge in [-0.15, -0.1) is 0 Å². The summed E-state index contributed by atoms with van der Waals surface area (Å²) >= 11 is 0. The number of rotatable bonds is 4. The molecule has 0 aliphatic rings. The van der Waals surface area contributed by atoms with Crippen molar-refractivity contribution in [3.05, 3.63) is 65.1 Å². The maximum absolute atomic E-state index is 5.79. The lowest BCUT2D eigenvalue weighted by Gasteiger charge is -2.09. The normalized spacial score (nSPS) is 10.7. The van der Waals surface area contributed by atoms with Crippen molar-refractivity contribution in [1.29, 1.82) is 0 Å². The molecule has 1 aromatic carbocycles. The first-order valence-corrected chi connectivity index (χ1v) is 7.18. The van der Waals surface area contributed by atoms with Gasteiger partial charge < -0.3 is 4.74 Å². The molecule has 0 N–H and O–H groups in total. The van der Waals surface area contributed by atoms with E-state index in [4.69, 9.17) is 4.74 Å². The van der Waals surface area contributed by atoms with Crippen molar-refractivity contribution in [3.8, 4) is 11.8 Å². The zero-order valence-electron chi connectivity index (χ0n) is 12.9. The van der Waals surface area contributed by atoms with E-state index in [1.807, 2.05) is 63.2 Å². The van der Waals surface area contributed by atoms with Crippen molar-refractivity contribution in [2.45, 2.75) is 27.4 Å². The minimum Gasteiger partial charge on any atom is -0.473 e. The van der Waals surface area contributed by atoms with Gasteiger partial charge in [0.2, 0.25) is 5.88 Å². The Bertz CT molecular complexity index is 781. The Morgan fingerprint density at radius 3 is 2.41 bits per heavy atom. The van der Waals surface area contributed by atoms with Crippen molar-refractivity contribution in [2.24, 2.45) is 0 Å². The van der Waals surface area contributed by atoms with Gasteiger partial charge in [0.25, 0.3) is 5.95 Å². The molecule has 5 heteroatoms. The minimum absolute atomic E-state index is 0.480. The summed E-state index contributed by atoms with van der Waals surface area (Å²) in [6.45, 7) is 6.34. The van der Waals surface area contributed by atoms with Gasteiger partial charge in [-0.05, 0) is 32.4 Å². The Morgan fingerprint density at radius 1 is 0.955 bits per heavy atom. The zero-order chi connectivity index (χ0) is 15.5. The van der Waals surface area contributed by atoms with E-state index >= 15 is 0 Å². The molecular weight excluding hydrogens is 276 g/mol. The van der Waals surface area contributed by atoms with Crippen molar-refractivity contribution in [2.75, 3.05) is 0 Å². The smallest absolute Gasteiger partial charge is 0.254 e. The molecule has 0 atom stereocenters. The second-order valence-corrected chi connectivity index (χ2v) is 5.26. The maximum atomic E-state index is 5.79. The van der Waals surface area contributed by atoms with Crippen molar-refractivity contribution in [3.63, 3.8) is 0 Å². The molecule has 0 fully saturated rings. The summed E-state index contributed by atoms with van der Waals surface area (Å²) in [4.78, 5) is 8.90.